The van der Waals surface area contributed by atoms with Crippen molar-refractivity contribution in [3.05, 3.63) is 77.7 Å². The number of amides is 1. The number of hydrogen-bond acceptors (Lipinski definition) is 4. The summed E-state index contributed by atoms with van der Waals surface area (Å²) in [6, 6.07) is 15.7. The fourth-order valence-electron chi connectivity index (χ4n) is 2.52. The Labute approximate surface area is 147 Å². The van der Waals surface area contributed by atoms with Gasteiger partial charge in [-0.15, -0.1) is 0 Å². The molecular weight excluding hydrogens is 312 g/mol. The second-order valence-electron chi connectivity index (χ2n) is 5.75. The molecule has 0 fully saturated rings. The average Bonchev–Trinajstić information content (AvgIpc) is 2.63. The Morgan fingerprint density at radius 1 is 1.04 bits per heavy atom. The number of nitrogens with zero attached hydrogens (tertiary/aromatic N) is 2. The minimum absolute atomic E-state index is 0.274. The first-order chi connectivity index (χ1) is 12.2. The lowest BCUT2D eigenvalue weighted by atomic mass is 10.1. The summed E-state index contributed by atoms with van der Waals surface area (Å²) >= 11 is 0. The number of rotatable bonds is 5. The van der Waals surface area contributed by atoms with Crippen molar-refractivity contribution in [1.29, 1.82) is 0 Å². The van der Waals surface area contributed by atoms with Crippen LogP contribution in [0.15, 0.2) is 60.9 Å². The van der Waals surface area contributed by atoms with Crippen molar-refractivity contribution in [2.75, 3.05) is 10.6 Å². The van der Waals surface area contributed by atoms with Gasteiger partial charge in [0, 0.05) is 11.4 Å². The Balaban J connectivity index is 1.70. The number of aromatic nitrogens is 2. The predicted molar refractivity (Wildman–Crippen MR) is 100 cm³/mol. The van der Waals surface area contributed by atoms with Crippen LogP contribution in [0.3, 0.4) is 0 Å². The zero-order valence-electron chi connectivity index (χ0n) is 14.3. The largest absolute Gasteiger partial charge is 0.339 e. The first-order valence-electron chi connectivity index (χ1n) is 8.20. The lowest BCUT2D eigenvalue weighted by Gasteiger charge is -2.10. The number of benzene rings is 2. The lowest BCUT2D eigenvalue weighted by molar-refractivity contribution is 0.102. The maximum atomic E-state index is 12.3. The number of carbonyl (C=O) groups is 1. The topological polar surface area (TPSA) is 66.9 Å². The standard InChI is InChI=1S/C20H20N4O/c1-3-15-8-4-5-10-17(15)24-19-13-21-18(12-22-19)20(25)23-16-9-6-7-14(2)11-16/h4-13H,3H2,1-2H3,(H,22,24)(H,23,25). The van der Waals surface area contributed by atoms with E-state index in [0.717, 1.165) is 23.4 Å². The Morgan fingerprint density at radius 2 is 1.88 bits per heavy atom. The molecule has 126 valence electrons. The summed E-state index contributed by atoms with van der Waals surface area (Å²) in [5.74, 6) is 0.326. The molecule has 0 radical (unpaired) electrons. The summed E-state index contributed by atoms with van der Waals surface area (Å²) in [4.78, 5) is 20.8. The van der Waals surface area contributed by atoms with E-state index in [1.54, 1.807) is 6.20 Å². The third-order valence-electron chi connectivity index (χ3n) is 3.82. The van der Waals surface area contributed by atoms with Crippen LogP contribution in [0.4, 0.5) is 17.2 Å². The normalized spacial score (nSPS) is 10.3. The molecule has 1 heterocycles. The second kappa shape index (κ2) is 7.57. The molecule has 0 saturated heterocycles. The van der Waals surface area contributed by atoms with Gasteiger partial charge in [0.15, 0.2) is 0 Å². The zero-order chi connectivity index (χ0) is 17.6. The van der Waals surface area contributed by atoms with Crippen molar-refractivity contribution in [2.45, 2.75) is 20.3 Å². The summed E-state index contributed by atoms with van der Waals surface area (Å²) in [7, 11) is 0. The smallest absolute Gasteiger partial charge is 0.275 e. The van der Waals surface area contributed by atoms with Crippen molar-refractivity contribution >= 4 is 23.1 Å². The first-order valence-corrected chi connectivity index (χ1v) is 8.20. The SMILES string of the molecule is CCc1ccccc1Nc1cnc(C(=O)Nc2cccc(C)c2)cn1. The highest BCUT2D eigenvalue weighted by Gasteiger charge is 2.09. The molecule has 25 heavy (non-hydrogen) atoms. The van der Waals surface area contributed by atoms with Crippen LogP contribution in [0.2, 0.25) is 0 Å². The van der Waals surface area contributed by atoms with E-state index in [0.29, 0.717) is 5.82 Å². The molecule has 1 aromatic heterocycles. The van der Waals surface area contributed by atoms with Gasteiger partial charge in [0.2, 0.25) is 0 Å². The Kier molecular flexibility index (Phi) is 5.04. The van der Waals surface area contributed by atoms with Crippen LogP contribution in [0, 0.1) is 6.92 Å². The molecule has 2 aromatic carbocycles. The molecule has 0 saturated carbocycles. The molecule has 0 bridgehead atoms. The number of anilines is 3. The van der Waals surface area contributed by atoms with E-state index in [1.165, 1.54) is 11.8 Å². The van der Waals surface area contributed by atoms with Gasteiger partial charge in [-0.05, 0) is 42.7 Å². The number of para-hydroxylation sites is 1. The molecule has 0 unspecified atom stereocenters. The molecule has 0 aliphatic carbocycles. The minimum atomic E-state index is -0.279. The van der Waals surface area contributed by atoms with Gasteiger partial charge in [0.1, 0.15) is 11.5 Å². The van der Waals surface area contributed by atoms with Crippen molar-refractivity contribution < 1.29 is 4.79 Å². The molecular formula is C20H20N4O. The van der Waals surface area contributed by atoms with Gasteiger partial charge < -0.3 is 10.6 Å². The molecule has 0 spiro atoms. The van der Waals surface area contributed by atoms with Crippen LogP contribution in [0.5, 0.6) is 0 Å². The van der Waals surface area contributed by atoms with Gasteiger partial charge in [0.05, 0.1) is 12.4 Å². The van der Waals surface area contributed by atoms with Gasteiger partial charge >= 0.3 is 0 Å². The molecule has 0 atom stereocenters. The fourth-order valence-corrected chi connectivity index (χ4v) is 2.52. The molecule has 2 N–H and O–H groups in total. The molecule has 5 heteroatoms. The van der Waals surface area contributed by atoms with Crippen LogP contribution in [0.25, 0.3) is 0 Å². The van der Waals surface area contributed by atoms with Crippen molar-refractivity contribution in [3.63, 3.8) is 0 Å². The monoisotopic (exact) mass is 332 g/mol. The van der Waals surface area contributed by atoms with Gasteiger partial charge in [0.25, 0.3) is 5.91 Å². The molecule has 3 aromatic rings. The van der Waals surface area contributed by atoms with Gasteiger partial charge in [-0.2, -0.15) is 0 Å². The van der Waals surface area contributed by atoms with Crippen LogP contribution in [-0.2, 0) is 6.42 Å². The van der Waals surface area contributed by atoms with E-state index in [1.807, 2.05) is 49.4 Å². The third kappa shape index (κ3) is 4.20. The summed E-state index contributed by atoms with van der Waals surface area (Å²) in [5.41, 5.74) is 4.29. The van der Waals surface area contributed by atoms with Crippen LogP contribution in [0.1, 0.15) is 28.5 Å². The van der Waals surface area contributed by atoms with E-state index in [9.17, 15) is 4.79 Å². The lowest BCUT2D eigenvalue weighted by Crippen LogP contribution is -2.14. The molecule has 3 rings (SSSR count). The van der Waals surface area contributed by atoms with Gasteiger partial charge in [-0.1, -0.05) is 37.3 Å². The molecule has 0 aliphatic heterocycles. The van der Waals surface area contributed by atoms with Crippen molar-refractivity contribution in [2.24, 2.45) is 0 Å². The molecule has 5 nitrogen and oxygen atoms in total. The number of aryl methyl sites for hydroxylation is 2. The Hall–Kier alpha value is -3.21. The van der Waals surface area contributed by atoms with E-state index in [2.05, 4.69) is 33.6 Å². The van der Waals surface area contributed by atoms with E-state index in [-0.39, 0.29) is 11.6 Å². The van der Waals surface area contributed by atoms with E-state index >= 15 is 0 Å². The summed E-state index contributed by atoms with van der Waals surface area (Å²) < 4.78 is 0. The van der Waals surface area contributed by atoms with E-state index < -0.39 is 0 Å². The van der Waals surface area contributed by atoms with Gasteiger partial charge in [-0.3, -0.25) is 4.79 Å². The highest BCUT2D eigenvalue weighted by atomic mass is 16.1. The maximum absolute atomic E-state index is 12.3. The quantitative estimate of drug-likeness (QED) is 0.729. The van der Waals surface area contributed by atoms with Crippen LogP contribution < -0.4 is 10.6 Å². The average molecular weight is 332 g/mol. The highest BCUT2D eigenvalue weighted by molar-refractivity contribution is 6.02. The van der Waals surface area contributed by atoms with Crippen molar-refractivity contribution in [3.8, 4) is 0 Å². The maximum Gasteiger partial charge on any atom is 0.275 e. The Bertz CT molecular complexity index is 875. The highest BCUT2D eigenvalue weighted by Crippen LogP contribution is 2.19. The van der Waals surface area contributed by atoms with Gasteiger partial charge in [-0.25, -0.2) is 9.97 Å². The van der Waals surface area contributed by atoms with E-state index in [4.69, 9.17) is 0 Å². The summed E-state index contributed by atoms with van der Waals surface area (Å²) in [6.45, 7) is 4.08. The Morgan fingerprint density at radius 3 is 2.60 bits per heavy atom. The number of carbonyl (C=O) groups excluding carboxylic acids is 1. The first kappa shape index (κ1) is 16.6. The molecule has 1 amide bonds. The molecule has 0 aliphatic rings. The van der Waals surface area contributed by atoms with Crippen LogP contribution in [-0.4, -0.2) is 15.9 Å². The summed E-state index contributed by atoms with van der Waals surface area (Å²) in [5, 5.41) is 6.07. The van der Waals surface area contributed by atoms with Crippen molar-refractivity contribution in [1.82, 2.24) is 9.97 Å². The van der Waals surface area contributed by atoms with Crippen LogP contribution >= 0.6 is 0 Å². The predicted octanol–water partition coefficient (Wildman–Crippen LogP) is 4.34. The third-order valence-corrected chi connectivity index (χ3v) is 3.82. The zero-order valence-corrected chi connectivity index (χ0v) is 14.3. The fraction of sp³-hybridized carbons (Fsp3) is 0.150. The minimum Gasteiger partial charge on any atom is -0.339 e. The number of hydrogen-bond donors (Lipinski definition) is 2. The summed E-state index contributed by atoms with van der Waals surface area (Å²) in [6.07, 6.45) is 3.97. The number of nitrogens with one attached hydrogen (secondary N) is 2. The second-order valence-corrected chi connectivity index (χ2v) is 5.75.